The molecule has 0 N–H and O–H groups in total. The highest BCUT2D eigenvalue weighted by molar-refractivity contribution is 5.34. The van der Waals surface area contributed by atoms with Crippen LogP contribution in [0.1, 0.15) is 60.0 Å². The first kappa shape index (κ1) is 30.5. The lowest BCUT2D eigenvalue weighted by Gasteiger charge is -2.41. The van der Waals surface area contributed by atoms with E-state index >= 15 is 0 Å². The van der Waals surface area contributed by atoms with Crippen LogP contribution >= 0.6 is 0 Å². The minimum absolute atomic E-state index is 0.110. The summed E-state index contributed by atoms with van der Waals surface area (Å²) in [5, 5.41) is 4.63. The zero-order valence-corrected chi connectivity index (χ0v) is 23.1. The molecule has 3 atom stereocenters. The molecule has 0 saturated carbocycles. The summed E-state index contributed by atoms with van der Waals surface area (Å²) in [5.41, 5.74) is -2.20. The van der Waals surface area contributed by atoms with Gasteiger partial charge in [0.1, 0.15) is 6.33 Å². The number of nitrogens with zero attached hydrogens (tertiary/aromatic N) is 5. The number of benzene rings is 2. The quantitative estimate of drug-likeness (QED) is 0.279. The molecule has 5 rings (SSSR count). The van der Waals surface area contributed by atoms with E-state index in [1.807, 2.05) is 35.0 Å². The van der Waals surface area contributed by atoms with Gasteiger partial charge in [-0.1, -0.05) is 30.3 Å². The SMILES string of the molecule is C[C@@H](O[C@H]1OCCN(Cc2ncn(CCN3CCCC3)n2)[C@H]1c1ccccc1)c1cc(C(F)(F)F)cc(C(F)(F)F)c1. The third kappa shape index (κ3) is 7.49. The van der Waals surface area contributed by atoms with Gasteiger partial charge in [0.15, 0.2) is 12.1 Å². The van der Waals surface area contributed by atoms with Crippen LogP contribution in [0.3, 0.4) is 0 Å². The summed E-state index contributed by atoms with van der Waals surface area (Å²) in [6, 6.07) is 10.3. The molecule has 0 unspecified atom stereocenters. The Kier molecular flexibility index (Phi) is 9.21. The lowest BCUT2D eigenvalue weighted by Crippen LogP contribution is -2.46. The zero-order valence-electron chi connectivity index (χ0n) is 23.1. The van der Waals surface area contributed by atoms with Crippen molar-refractivity contribution in [3.63, 3.8) is 0 Å². The number of halogens is 6. The minimum atomic E-state index is -4.95. The van der Waals surface area contributed by atoms with Crippen molar-refractivity contribution in [3.05, 3.63) is 82.9 Å². The smallest absolute Gasteiger partial charge is 0.349 e. The monoisotopic (exact) mass is 597 g/mol. The number of hydrogen-bond donors (Lipinski definition) is 0. The second-order valence-electron chi connectivity index (χ2n) is 10.7. The molecular weight excluding hydrogens is 564 g/mol. The fourth-order valence-electron chi connectivity index (χ4n) is 5.44. The molecule has 2 saturated heterocycles. The summed E-state index contributed by atoms with van der Waals surface area (Å²) in [4.78, 5) is 8.93. The van der Waals surface area contributed by atoms with Crippen molar-refractivity contribution in [1.82, 2.24) is 24.6 Å². The Morgan fingerprint density at radius 1 is 0.929 bits per heavy atom. The molecule has 2 fully saturated rings. The van der Waals surface area contributed by atoms with Gasteiger partial charge < -0.3 is 14.4 Å². The van der Waals surface area contributed by atoms with Crippen LogP contribution in [0.25, 0.3) is 0 Å². The highest BCUT2D eigenvalue weighted by Gasteiger charge is 2.39. The van der Waals surface area contributed by atoms with Crippen LogP contribution in [0.5, 0.6) is 0 Å². The van der Waals surface area contributed by atoms with E-state index in [0.29, 0.717) is 31.0 Å². The van der Waals surface area contributed by atoms with Crippen molar-refractivity contribution in [1.29, 1.82) is 0 Å². The van der Waals surface area contributed by atoms with Crippen LogP contribution < -0.4 is 0 Å². The zero-order chi connectivity index (χ0) is 29.9. The molecule has 0 spiro atoms. The van der Waals surface area contributed by atoms with Crippen molar-refractivity contribution in [2.24, 2.45) is 0 Å². The molecule has 2 aliphatic heterocycles. The summed E-state index contributed by atoms with van der Waals surface area (Å²) >= 11 is 0. The maximum atomic E-state index is 13.5. The van der Waals surface area contributed by atoms with Gasteiger partial charge in [0.05, 0.1) is 43.0 Å². The first-order valence-corrected chi connectivity index (χ1v) is 13.9. The number of aromatic nitrogens is 3. The lowest BCUT2D eigenvalue weighted by atomic mass is 10.0. The Labute approximate surface area is 240 Å². The first-order chi connectivity index (χ1) is 20.0. The highest BCUT2D eigenvalue weighted by atomic mass is 19.4. The number of morpholine rings is 1. The van der Waals surface area contributed by atoms with Crippen molar-refractivity contribution in [2.75, 3.05) is 32.8 Å². The predicted molar refractivity (Wildman–Crippen MR) is 141 cm³/mol. The Balaban J connectivity index is 1.35. The van der Waals surface area contributed by atoms with E-state index in [-0.39, 0.29) is 18.2 Å². The first-order valence-electron chi connectivity index (χ1n) is 13.9. The second-order valence-corrected chi connectivity index (χ2v) is 10.7. The van der Waals surface area contributed by atoms with Gasteiger partial charge >= 0.3 is 12.4 Å². The van der Waals surface area contributed by atoms with E-state index in [0.717, 1.165) is 31.7 Å². The van der Waals surface area contributed by atoms with Crippen molar-refractivity contribution in [2.45, 2.75) is 63.6 Å². The molecule has 13 heteroatoms. The maximum Gasteiger partial charge on any atom is 0.416 e. The van der Waals surface area contributed by atoms with E-state index in [4.69, 9.17) is 9.47 Å². The average molecular weight is 598 g/mol. The molecule has 1 aromatic heterocycles. The molecule has 228 valence electrons. The molecule has 7 nitrogen and oxygen atoms in total. The lowest BCUT2D eigenvalue weighted by molar-refractivity contribution is -0.231. The topological polar surface area (TPSA) is 55.7 Å². The van der Waals surface area contributed by atoms with Crippen LogP contribution in [0.4, 0.5) is 26.3 Å². The maximum absolute atomic E-state index is 13.5. The predicted octanol–water partition coefficient (Wildman–Crippen LogP) is 6.09. The van der Waals surface area contributed by atoms with Crippen LogP contribution in [0.2, 0.25) is 0 Å². The van der Waals surface area contributed by atoms with Crippen LogP contribution in [-0.2, 0) is 34.9 Å². The standard InChI is InChI=1S/C29H33F6N5O2/c1-20(22-15-23(28(30,31)32)17-24(16-22)29(33,34)35)42-27-26(21-7-3-2-4-8-21)39(13-14-41-27)18-25-36-19-40(37-25)12-11-38-9-5-6-10-38/h2-4,7-8,15-17,19-20,26-27H,5-6,9-14,18H2,1H3/t20-,26+,27-/m1/s1. The van der Waals surface area contributed by atoms with E-state index in [1.54, 1.807) is 6.33 Å². The summed E-state index contributed by atoms with van der Waals surface area (Å²) in [6.45, 7) is 6.31. The summed E-state index contributed by atoms with van der Waals surface area (Å²) in [7, 11) is 0. The van der Waals surface area contributed by atoms with E-state index in [9.17, 15) is 26.3 Å². The van der Waals surface area contributed by atoms with E-state index in [2.05, 4.69) is 19.9 Å². The Bertz CT molecular complexity index is 1280. The normalized spacial score (nSPS) is 21.6. The molecule has 0 amide bonds. The molecule has 0 radical (unpaired) electrons. The van der Waals surface area contributed by atoms with Crippen LogP contribution in [0.15, 0.2) is 54.9 Å². The molecular formula is C29H33F6N5O2. The molecule has 2 aliphatic rings. The molecule has 42 heavy (non-hydrogen) atoms. The number of alkyl halides is 6. The van der Waals surface area contributed by atoms with E-state index < -0.39 is 41.9 Å². The van der Waals surface area contributed by atoms with Crippen molar-refractivity contribution < 1.29 is 35.8 Å². The van der Waals surface area contributed by atoms with E-state index in [1.165, 1.54) is 19.8 Å². The third-order valence-electron chi connectivity index (χ3n) is 7.64. The largest absolute Gasteiger partial charge is 0.416 e. The number of rotatable bonds is 9. The summed E-state index contributed by atoms with van der Waals surface area (Å²) in [6.07, 6.45) is -7.90. The fraction of sp³-hybridized carbons (Fsp3) is 0.517. The third-order valence-corrected chi connectivity index (χ3v) is 7.64. The summed E-state index contributed by atoms with van der Waals surface area (Å²) < 4.78 is 94.7. The van der Waals surface area contributed by atoms with Crippen molar-refractivity contribution in [3.8, 4) is 0 Å². The van der Waals surface area contributed by atoms with Crippen LogP contribution in [0, 0.1) is 0 Å². The molecule has 3 aromatic rings. The van der Waals surface area contributed by atoms with Gasteiger partial charge in [-0.2, -0.15) is 31.4 Å². The highest BCUT2D eigenvalue weighted by Crippen LogP contribution is 2.39. The molecule has 0 aliphatic carbocycles. The van der Waals surface area contributed by atoms with Gasteiger partial charge in [-0.05, 0) is 62.2 Å². The Hall–Kier alpha value is -3.00. The van der Waals surface area contributed by atoms with Gasteiger partial charge in [0, 0.05) is 13.1 Å². The Morgan fingerprint density at radius 3 is 2.24 bits per heavy atom. The molecule has 0 bridgehead atoms. The Morgan fingerprint density at radius 2 is 1.60 bits per heavy atom. The van der Waals surface area contributed by atoms with Gasteiger partial charge in [0.2, 0.25) is 0 Å². The average Bonchev–Trinajstić information content (AvgIpc) is 3.63. The second kappa shape index (κ2) is 12.7. The van der Waals surface area contributed by atoms with Crippen LogP contribution in [-0.4, -0.2) is 63.6 Å². The molecule has 2 aromatic carbocycles. The number of ether oxygens (including phenoxy) is 2. The fourth-order valence-corrected chi connectivity index (χ4v) is 5.44. The van der Waals surface area contributed by atoms with Gasteiger partial charge in [-0.3, -0.25) is 9.58 Å². The minimum Gasteiger partial charge on any atom is -0.349 e. The van der Waals surface area contributed by atoms with Crippen molar-refractivity contribution >= 4 is 0 Å². The molecule has 3 heterocycles. The summed E-state index contributed by atoms with van der Waals surface area (Å²) in [5.74, 6) is 0.596. The van der Waals surface area contributed by atoms with Gasteiger partial charge in [-0.15, -0.1) is 0 Å². The number of likely N-dealkylation sites (tertiary alicyclic amines) is 1. The number of hydrogen-bond acceptors (Lipinski definition) is 6. The van der Waals surface area contributed by atoms with Gasteiger partial charge in [-0.25, -0.2) is 4.98 Å². The van der Waals surface area contributed by atoms with Gasteiger partial charge in [0.25, 0.3) is 0 Å².